The van der Waals surface area contributed by atoms with E-state index in [0.29, 0.717) is 24.0 Å². The maximum Gasteiger partial charge on any atom is 0.241 e. The van der Waals surface area contributed by atoms with Crippen LogP contribution in [0.15, 0.2) is 29.2 Å². The SMILES string of the molecule is CNCCC1CCN(C(=O)C(C)NS(=O)(=O)c2ccc(Cl)cc2)CC1.Cl. The van der Waals surface area contributed by atoms with Crippen LogP contribution < -0.4 is 10.0 Å². The van der Waals surface area contributed by atoms with Crippen LogP contribution in [0.3, 0.4) is 0 Å². The molecule has 2 N–H and O–H groups in total. The number of nitrogens with one attached hydrogen (secondary N) is 2. The van der Waals surface area contributed by atoms with E-state index in [0.717, 1.165) is 25.8 Å². The molecule has 1 fully saturated rings. The highest BCUT2D eigenvalue weighted by Gasteiger charge is 2.28. The second-order valence-corrected chi connectivity index (χ2v) is 8.61. The number of halogens is 2. The highest BCUT2D eigenvalue weighted by Crippen LogP contribution is 2.21. The zero-order valence-corrected chi connectivity index (χ0v) is 17.5. The molecule has 26 heavy (non-hydrogen) atoms. The molecule has 0 saturated carbocycles. The minimum absolute atomic E-state index is 0. The molecule has 148 valence electrons. The van der Waals surface area contributed by atoms with E-state index in [1.807, 2.05) is 7.05 Å². The molecule has 1 saturated heterocycles. The molecule has 6 nitrogen and oxygen atoms in total. The molecule has 0 aromatic heterocycles. The van der Waals surface area contributed by atoms with Gasteiger partial charge < -0.3 is 10.2 Å². The van der Waals surface area contributed by atoms with Gasteiger partial charge in [-0.2, -0.15) is 4.72 Å². The predicted molar refractivity (Wildman–Crippen MR) is 106 cm³/mol. The van der Waals surface area contributed by atoms with Gasteiger partial charge in [-0.25, -0.2) is 8.42 Å². The Morgan fingerprint density at radius 2 is 1.85 bits per heavy atom. The number of carbonyl (C=O) groups is 1. The zero-order chi connectivity index (χ0) is 18.4. The van der Waals surface area contributed by atoms with E-state index < -0.39 is 16.1 Å². The summed E-state index contributed by atoms with van der Waals surface area (Å²) in [5.41, 5.74) is 0. The van der Waals surface area contributed by atoms with Crippen molar-refractivity contribution in [1.29, 1.82) is 0 Å². The van der Waals surface area contributed by atoms with Crippen molar-refractivity contribution < 1.29 is 13.2 Å². The molecule has 9 heteroatoms. The lowest BCUT2D eigenvalue weighted by atomic mass is 9.93. The minimum atomic E-state index is -3.75. The van der Waals surface area contributed by atoms with Crippen molar-refractivity contribution in [3.05, 3.63) is 29.3 Å². The van der Waals surface area contributed by atoms with Gasteiger partial charge >= 0.3 is 0 Å². The van der Waals surface area contributed by atoms with Gasteiger partial charge in [0.05, 0.1) is 10.9 Å². The van der Waals surface area contributed by atoms with Crippen molar-refractivity contribution in [2.45, 2.75) is 37.1 Å². The van der Waals surface area contributed by atoms with Crippen molar-refractivity contribution in [3.63, 3.8) is 0 Å². The monoisotopic (exact) mass is 423 g/mol. The fourth-order valence-electron chi connectivity index (χ4n) is 3.03. The van der Waals surface area contributed by atoms with Crippen molar-refractivity contribution in [3.8, 4) is 0 Å². The lowest BCUT2D eigenvalue weighted by molar-refractivity contribution is -0.134. The largest absolute Gasteiger partial charge is 0.341 e. The van der Waals surface area contributed by atoms with E-state index >= 15 is 0 Å². The summed E-state index contributed by atoms with van der Waals surface area (Å²) in [5, 5.41) is 3.61. The number of nitrogens with zero attached hydrogens (tertiary/aromatic N) is 1. The van der Waals surface area contributed by atoms with E-state index in [9.17, 15) is 13.2 Å². The number of benzene rings is 1. The molecule has 1 aromatic rings. The molecule has 1 heterocycles. The summed E-state index contributed by atoms with van der Waals surface area (Å²) < 4.78 is 27.2. The minimum Gasteiger partial charge on any atom is -0.341 e. The summed E-state index contributed by atoms with van der Waals surface area (Å²) in [6.45, 7) is 3.93. The van der Waals surface area contributed by atoms with Gasteiger partial charge in [-0.1, -0.05) is 11.6 Å². The molecule has 1 unspecified atom stereocenters. The Balaban J connectivity index is 0.00000338. The van der Waals surface area contributed by atoms with Crippen LogP contribution in [0.4, 0.5) is 0 Å². The molecule has 0 radical (unpaired) electrons. The molecule has 0 bridgehead atoms. The van der Waals surface area contributed by atoms with E-state index in [-0.39, 0.29) is 23.2 Å². The maximum atomic E-state index is 12.5. The number of likely N-dealkylation sites (tertiary alicyclic amines) is 1. The first-order valence-corrected chi connectivity index (χ1v) is 10.4. The zero-order valence-electron chi connectivity index (χ0n) is 15.1. The highest BCUT2D eigenvalue weighted by molar-refractivity contribution is 7.89. The Kier molecular flexibility index (Phi) is 9.33. The number of sulfonamides is 1. The number of rotatable bonds is 7. The Hall–Kier alpha value is -0.860. The predicted octanol–water partition coefficient (Wildman–Crippen LogP) is 2.28. The van der Waals surface area contributed by atoms with E-state index in [1.54, 1.807) is 11.8 Å². The van der Waals surface area contributed by atoms with Gasteiger partial charge in [0.15, 0.2) is 0 Å². The Morgan fingerprint density at radius 3 is 2.38 bits per heavy atom. The van der Waals surface area contributed by atoms with E-state index in [4.69, 9.17) is 11.6 Å². The van der Waals surface area contributed by atoms with Gasteiger partial charge in [0.2, 0.25) is 15.9 Å². The van der Waals surface area contributed by atoms with E-state index in [2.05, 4.69) is 10.0 Å². The lowest BCUT2D eigenvalue weighted by Gasteiger charge is -2.33. The third-order valence-electron chi connectivity index (χ3n) is 4.56. The van der Waals surface area contributed by atoms with Crippen LogP contribution in [0.25, 0.3) is 0 Å². The molecular formula is C17H27Cl2N3O3S. The van der Waals surface area contributed by atoms with Crippen molar-refractivity contribution in [1.82, 2.24) is 14.9 Å². The topological polar surface area (TPSA) is 78.5 Å². The van der Waals surface area contributed by atoms with Gasteiger partial charge in [-0.05, 0) is 70.0 Å². The third-order valence-corrected chi connectivity index (χ3v) is 6.36. The van der Waals surface area contributed by atoms with E-state index in [1.165, 1.54) is 24.3 Å². The van der Waals surface area contributed by atoms with Crippen molar-refractivity contribution in [2.75, 3.05) is 26.7 Å². The number of amides is 1. The summed E-state index contributed by atoms with van der Waals surface area (Å²) >= 11 is 5.78. The fourth-order valence-corrected chi connectivity index (χ4v) is 4.35. The average molecular weight is 424 g/mol. The number of piperidine rings is 1. The van der Waals surface area contributed by atoms with Crippen LogP contribution in [-0.2, 0) is 14.8 Å². The smallest absolute Gasteiger partial charge is 0.241 e. The molecule has 1 aromatic carbocycles. The van der Waals surface area contributed by atoms with Gasteiger partial charge in [0.1, 0.15) is 0 Å². The Morgan fingerprint density at radius 1 is 1.27 bits per heavy atom. The molecule has 1 aliphatic rings. The molecule has 0 aliphatic carbocycles. The molecule has 1 atom stereocenters. The van der Waals surface area contributed by atoms with Gasteiger partial charge in [-0.3, -0.25) is 4.79 Å². The lowest BCUT2D eigenvalue weighted by Crippen LogP contribution is -2.49. The highest BCUT2D eigenvalue weighted by atomic mass is 35.5. The van der Waals surface area contributed by atoms with Crippen LogP contribution in [0.5, 0.6) is 0 Å². The normalized spacial score (nSPS) is 16.8. The number of hydrogen-bond donors (Lipinski definition) is 2. The Bertz CT molecular complexity index is 675. The fraction of sp³-hybridized carbons (Fsp3) is 0.588. The summed E-state index contributed by atoms with van der Waals surface area (Å²) in [4.78, 5) is 14.4. The van der Waals surface area contributed by atoms with Crippen LogP contribution in [-0.4, -0.2) is 51.9 Å². The average Bonchev–Trinajstić information content (AvgIpc) is 2.59. The van der Waals surface area contributed by atoms with Crippen LogP contribution in [0.2, 0.25) is 5.02 Å². The Labute approximate surface area is 167 Å². The summed E-state index contributed by atoms with van der Waals surface area (Å²) in [5.74, 6) is 0.446. The summed E-state index contributed by atoms with van der Waals surface area (Å²) in [6.07, 6.45) is 3.03. The van der Waals surface area contributed by atoms with Gasteiger partial charge in [0.25, 0.3) is 0 Å². The molecule has 1 aliphatic heterocycles. The quantitative estimate of drug-likeness (QED) is 0.704. The van der Waals surface area contributed by atoms with Gasteiger partial charge in [0, 0.05) is 18.1 Å². The van der Waals surface area contributed by atoms with Crippen LogP contribution >= 0.6 is 24.0 Å². The first kappa shape index (κ1) is 23.2. The molecular weight excluding hydrogens is 397 g/mol. The molecule has 0 spiro atoms. The van der Waals surface area contributed by atoms with Crippen LogP contribution in [0, 0.1) is 5.92 Å². The second-order valence-electron chi connectivity index (χ2n) is 6.46. The number of carbonyl (C=O) groups excluding carboxylic acids is 1. The standard InChI is InChI=1S/C17H26ClN3O3S.ClH/c1-13(20-25(23,24)16-5-3-15(18)4-6-16)17(22)21-11-8-14(9-12-21)7-10-19-2;/h3-6,13-14,19-20H,7-12H2,1-2H3;1H. The second kappa shape index (κ2) is 10.5. The maximum absolute atomic E-state index is 12.5. The molecule has 1 amide bonds. The number of hydrogen-bond acceptors (Lipinski definition) is 4. The molecule has 2 rings (SSSR count). The first-order chi connectivity index (χ1) is 11.8. The van der Waals surface area contributed by atoms with Gasteiger partial charge in [-0.15, -0.1) is 12.4 Å². The van der Waals surface area contributed by atoms with Crippen LogP contribution in [0.1, 0.15) is 26.2 Å². The summed E-state index contributed by atoms with van der Waals surface area (Å²) in [7, 11) is -1.81. The van der Waals surface area contributed by atoms with Crippen molar-refractivity contribution >= 4 is 39.9 Å². The van der Waals surface area contributed by atoms with Crippen molar-refractivity contribution in [2.24, 2.45) is 5.92 Å². The third kappa shape index (κ3) is 6.39. The summed E-state index contributed by atoms with van der Waals surface area (Å²) in [6, 6.07) is 5.08. The first-order valence-electron chi connectivity index (χ1n) is 8.55.